The Labute approximate surface area is 149 Å². The van der Waals surface area contributed by atoms with Crippen molar-refractivity contribution in [3.63, 3.8) is 0 Å². The quantitative estimate of drug-likeness (QED) is 0.735. The van der Waals surface area contributed by atoms with Crippen molar-refractivity contribution in [3.05, 3.63) is 29.6 Å². The molecule has 4 N–H and O–H groups in total. The summed E-state index contributed by atoms with van der Waals surface area (Å²) in [7, 11) is 0. The lowest BCUT2D eigenvalue weighted by molar-refractivity contribution is -0.124. The molecule has 0 spiro atoms. The minimum Gasteiger partial charge on any atom is -0.393 e. The molecule has 0 bridgehead atoms. The van der Waals surface area contributed by atoms with Crippen molar-refractivity contribution in [1.29, 1.82) is 0 Å². The summed E-state index contributed by atoms with van der Waals surface area (Å²) in [4.78, 5) is 14.5. The molecule has 0 radical (unpaired) electrons. The van der Waals surface area contributed by atoms with Crippen LogP contribution < -0.4 is 16.0 Å². The number of benzene rings is 1. The van der Waals surface area contributed by atoms with Crippen molar-refractivity contribution in [1.82, 2.24) is 5.32 Å². The van der Waals surface area contributed by atoms with Crippen molar-refractivity contribution >= 4 is 11.6 Å². The zero-order chi connectivity index (χ0) is 18.6. The van der Waals surface area contributed by atoms with E-state index in [1.165, 1.54) is 12.1 Å². The number of nitrogens with one attached hydrogen (secondary N) is 1. The largest absolute Gasteiger partial charge is 0.393 e. The highest BCUT2D eigenvalue weighted by Gasteiger charge is 2.25. The lowest BCUT2D eigenvalue weighted by Gasteiger charge is -2.34. The van der Waals surface area contributed by atoms with E-state index in [1.807, 2.05) is 20.8 Å². The Morgan fingerprint density at radius 3 is 2.64 bits per heavy atom. The predicted molar refractivity (Wildman–Crippen MR) is 97.8 cm³/mol. The van der Waals surface area contributed by atoms with Crippen LogP contribution in [0, 0.1) is 11.7 Å². The van der Waals surface area contributed by atoms with Gasteiger partial charge in [-0.05, 0) is 43.9 Å². The predicted octanol–water partition coefficient (Wildman–Crippen LogP) is 2.34. The van der Waals surface area contributed by atoms with Gasteiger partial charge in [0, 0.05) is 24.3 Å². The molecule has 1 aromatic carbocycles. The molecule has 0 aromatic heterocycles. The summed E-state index contributed by atoms with van der Waals surface area (Å²) in [5.41, 5.74) is 7.64. The van der Waals surface area contributed by atoms with Crippen LogP contribution in [-0.2, 0) is 4.79 Å². The van der Waals surface area contributed by atoms with E-state index in [0.717, 1.165) is 17.7 Å². The fraction of sp³-hybridized carbons (Fsp3) is 0.632. The molecule has 1 aliphatic rings. The molecule has 140 valence electrons. The average molecular weight is 351 g/mol. The summed E-state index contributed by atoms with van der Waals surface area (Å²) in [6.45, 7) is 7.22. The first-order chi connectivity index (χ1) is 11.8. The highest BCUT2D eigenvalue weighted by molar-refractivity contribution is 5.82. The van der Waals surface area contributed by atoms with Crippen molar-refractivity contribution < 1.29 is 14.3 Å². The van der Waals surface area contributed by atoms with Crippen LogP contribution in [-0.4, -0.2) is 36.2 Å². The fourth-order valence-electron chi connectivity index (χ4n) is 3.17. The topological polar surface area (TPSA) is 78.6 Å². The van der Waals surface area contributed by atoms with Gasteiger partial charge in [-0.2, -0.15) is 0 Å². The molecule has 1 fully saturated rings. The summed E-state index contributed by atoms with van der Waals surface area (Å²) in [5.74, 6) is -0.461. The summed E-state index contributed by atoms with van der Waals surface area (Å²) in [6, 6.07) is 3.73. The van der Waals surface area contributed by atoms with Crippen molar-refractivity contribution in [3.8, 4) is 0 Å². The third kappa shape index (κ3) is 4.92. The van der Waals surface area contributed by atoms with Gasteiger partial charge < -0.3 is 21.1 Å². The van der Waals surface area contributed by atoms with Gasteiger partial charge in [-0.1, -0.05) is 20.3 Å². The maximum atomic E-state index is 13.8. The Bertz CT molecular complexity index is 588. The zero-order valence-corrected chi connectivity index (χ0v) is 15.3. The molecular formula is C19H30FN3O2. The van der Waals surface area contributed by atoms with Gasteiger partial charge in [0.25, 0.3) is 0 Å². The number of anilines is 1. The van der Waals surface area contributed by atoms with Crippen LogP contribution in [0.15, 0.2) is 18.2 Å². The summed E-state index contributed by atoms with van der Waals surface area (Å²) in [5, 5.41) is 12.6. The van der Waals surface area contributed by atoms with E-state index >= 15 is 0 Å². The third-order valence-electron chi connectivity index (χ3n) is 5.18. The monoisotopic (exact) mass is 351 g/mol. The van der Waals surface area contributed by atoms with Crippen LogP contribution in [0.2, 0.25) is 0 Å². The van der Waals surface area contributed by atoms with Crippen LogP contribution in [0.4, 0.5) is 10.1 Å². The molecule has 1 aliphatic heterocycles. The van der Waals surface area contributed by atoms with Gasteiger partial charge in [-0.15, -0.1) is 0 Å². The number of amides is 1. The number of aliphatic hydroxyl groups is 1. The minimum atomic E-state index is -0.574. The molecular weight excluding hydrogens is 321 g/mol. The number of nitrogens with zero attached hydrogens (tertiary/aromatic N) is 1. The highest BCUT2D eigenvalue weighted by atomic mass is 19.1. The van der Waals surface area contributed by atoms with Crippen molar-refractivity contribution in [2.75, 3.05) is 18.0 Å². The van der Waals surface area contributed by atoms with E-state index < -0.39 is 6.04 Å². The number of rotatable bonds is 6. The van der Waals surface area contributed by atoms with Crippen LogP contribution >= 0.6 is 0 Å². The van der Waals surface area contributed by atoms with E-state index in [1.54, 1.807) is 6.07 Å². The Morgan fingerprint density at radius 1 is 1.40 bits per heavy atom. The summed E-state index contributed by atoms with van der Waals surface area (Å²) < 4.78 is 13.8. The second-order valence-electron chi connectivity index (χ2n) is 7.06. The standard InChI is InChI=1S/C19H30FN3O2/c1-4-12(2)18(21)19(25)22-13(3)16-11-14(20)5-6-17(16)23-9-7-15(24)8-10-23/h5-6,11-13,15,18,24H,4,7-10,21H2,1-3H3,(H,22,25). The van der Waals surface area contributed by atoms with Crippen LogP contribution in [0.1, 0.15) is 51.6 Å². The molecule has 6 heteroatoms. The first kappa shape index (κ1) is 19.7. The second kappa shape index (κ2) is 8.63. The number of carbonyl (C=O) groups excluding carboxylic acids is 1. The van der Waals surface area contributed by atoms with Gasteiger partial charge in [0.15, 0.2) is 0 Å². The third-order valence-corrected chi connectivity index (χ3v) is 5.18. The maximum absolute atomic E-state index is 13.8. The fourth-order valence-corrected chi connectivity index (χ4v) is 3.17. The van der Waals surface area contributed by atoms with Crippen LogP contribution in [0.5, 0.6) is 0 Å². The summed E-state index contributed by atoms with van der Waals surface area (Å²) in [6.07, 6.45) is 1.93. The van der Waals surface area contributed by atoms with E-state index in [9.17, 15) is 14.3 Å². The molecule has 25 heavy (non-hydrogen) atoms. The van der Waals surface area contributed by atoms with E-state index in [2.05, 4.69) is 10.2 Å². The number of halogens is 1. The molecule has 5 nitrogen and oxygen atoms in total. The number of aliphatic hydroxyl groups excluding tert-OH is 1. The Morgan fingerprint density at radius 2 is 2.04 bits per heavy atom. The normalized spacial score (nSPS) is 19.4. The smallest absolute Gasteiger partial charge is 0.237 e. The van der Waals surface area contributed by atoms with E-state index in [0.29, 0.717) is 25.9 Å². The number of hydrogen-bond donors (Lipinski definition) is 3. The lowest BCUT2D eigenvalue weighted by Crippen LogP contribution is -2.45. The lowest BCUT2D eigenvalue weighted by atomic mass is 9.98. The van der Waals surface area contributed by atoms with Gasteiger partial charge in [0.2, 0.25) is 5.91 Å². The Kier molecular flexibility index (Phi) is 6.79. The number of carbonyl (C=O) groups is 1. The number of hydrogen-bond acceptors (Lipinski definition) is 4. The van der Waals surface area contributed by atoms with Crippen molar-refractivity contribution in [2.24, 2.45) is 11.7 Å². The molecule has 3 atom stereocenters. The van der Waals surface area contributed by atoms with E-state index in [-0.39, 0.29) is 29.8 Å². The van der Waals surface area contributed by atoms with Gasteiger partial charge in [-0.3, -0.25) is 4.79 Å². The Balaban J connectivity index is 2.16. The molecule has 1 aromatic rings. The first-order valence-electron chi connectivity index (χ1n) is 9.11. The summed E-state index contributed by atoms with van der Waals surface area (Å²) >= 11 is 0. The Hall–Kier alpha value is -1.66. The van der Waals surface area contributed by atoms with Crippen molar-refractivity contribution in [2.45, 2.75) is 58.2 Å². The van der Waals surface area contributed by atoms with Gasteiger partial charge in [0.05, 0.1) is 18.2 Å². The highest BCUT2D eigenvalue weighted by Crippen LogP contribution is 2.30. The maximum Gasteiger partial charge on any atom is 0.237 e. The van der Waals surface area contributed by atoms with E-state index in [4.69, 9.17) is 5.73 Å². The first-order valence-corrected chi connectivity index (χ1v) is 9.11. The number of piperidine rings is 1. The molecule has 1 amide bonds. The molecule has 3 unspecified atom stereocenters. The second-order valence-corrected chi connectivity index (χ2v) is 7.06. The molecule has 1 saturated heterocycles. The zero-order valence-electron chi connectivity index (χ0n) is 15.3. The van der Waals surface area contributed by atoms with Crippen LogP contribution in [0.3, 0.4) is 0 Å². The molecule has 2 rings (SSSR count). The van der Waals surface area contributed by atoms with Gasteiger partial charge in [0.1, 0.15) is 5.82 Å². The number of nitrogens with two attached hydrogens (primary N) is 1. The minimum absolute atomic E-state index is 0.0859. The van der Waals surface area contributed by atoms with Gasteiger partial charge in [-0.25, -0.2) is 4.39 Å². The SMILES string of the molecule is CCC(C)C(N)C(=O)NC(C)c1cc(F)ccc1N1CCC(O)CC1. The van der Waals surface area contributed by atoms with Crippen LogP contribution in [0.25, 0.3) is 0 Å². The molecule has 1 heterocycles. The molecule has 0 saturated carbocycles. The average Bonchev–Trinajstić information content (AvgIpc) is 2.61. The van der Waals surface area contributed by atoms with Gasteiger partial charge >= 0.3 is 0 Å². The molecule has 0 aliphatic carbocycles.